The van der Waals surface area contributed by atoms with Gasteiger partial charge in [0.1, 0.15) is 5.82 Å². The number of hydrogen-bond donors (Lipinski definition) is 1. The van der Waals surface area contributed by atoms with E-state index in [1.165, 1.54) is 0 Å². The van der Waals surface area contributed by atoms with Crippen LogP contribution >= 0.6 is 0 Å². The first-order chi connectivity index (χ1) is 9.54. The van der Waals surface area contributed by atoms with Crippen LogP contribution in [0.2, 0.25) is 0 Å². The summed E-state index contributed by atoms with van der Waals surface area (Å²) >= 11 is 0. The molecule has 20 heavy (non-hydrogen) atoms. The van der Waals surface area contributed by atoms with E-state index in [2.05, 4.69) is 11.9 Å². The van der Waals surface area contributed by atoms with Crippen LogP contribution in [0.1, 0.15) is 30.1 Å². The van der Waals surface area contributed by atoms with Crippen molar-refractivity contribution in [2.75, 3.05) is 32.1 Å². The lowest BCUT2D eigenvalue weighted by molar-refractivity contribution is 0.0532. The number of rotatable bonds is 3. The van der Waals surface area contributed by atoms with Crippen LogP contribution < -0.4 is 10.6 Å². The Morgan fingerprint density at radius 2 is 2.25 bits per heavy atom. The molecule has 5 nitrogen and oxygen atoms in total. The highest BCUT2D eigenvalue weighted by Gasteiger charge is 2.31. The Bertz CT molecular complexity index is 457. The van der Waals surface area contributed by atoms with Crippen LogP contribution in [0.25, 0.3) is 0 Å². The molecule has 5 heteroatoms. The van der Waals surface area contributed by atoms with E-state index in [9.17, 15) is 4.79 Å². The topological polar surface area (TPSA) is 62.5 Å². The Morgan fingerprint density at radius 3 is 2.80 bits per heavy atom. The number of anilines is 1. The van der Waals surface area contributed by atoms with E-state index in [4.69, 9.17) is 5.73 Å². The SMILES string of the molecule is C[C@@H]1CCCN(C(=O)c2ccc(N(C)C)nc2)[C@H]1CN. The fraction of sp³-hybridized carbons (Fsp3) is 0.600. The smallest absolute Gasteiger partial charge is 0.255 e. The van der Waals surface area contributed by atoms with Crippen LogP contribution in [0, 0.1) is 5.92 Å². The molecule has 2 heterocycles. The first kappa shape index (κ1) is 14.8. The van der Waals surface area contributed by atoms with Gasteiger partial charge < -0.3 is 15.5 Å². The second-order valence-corrected chi connectivity index (χ2v) is 5.72. The summed E-state index contributed by atoms with van der Waals surface area (Å²) in [7, 11) is 3.86. The number of piperidine rings is 1. The van der Waals surface area contributed by atoms with Gasteiger partial charge in [-0.3, -0.25) is 4.79 Å². The molecule has 0 spiro atoms. The van der Waals surface area contributed by atoms with Crippen LogP contribution in [0.4, 0.5) is 5.82 Å². The molecule has 1 aliphatic heterocycles. The van der Waals surface area contributed by atoms with Gasteiger partial charge >= 0.3 is 0 Å². The molecule has 0 aromatic carbocycles. The predicted molar refractivity (Wildman–Crippen MR) is 80.8 cm³/mol. The van der Waals surface area contributed by atoms with Crippen LogP contribution in [-0.2, 0) is 0 Å². The Balaban J connectivity index is 2.17. The molecule has 0 saturated carbocycles. The number of hydrogen-bond acceptors (Lipinski definition) is 4. The van der Waals surface area contributed by atoms with Crippen molar-refractivity contribution < 1.29 is 4.79 Å². The summed E-state index contributed by atoms with van der Waals surface area (Å²) in [5, 5.41) is 0. The summed E-state index contributed by atoms with van der Waals surface area (Å²) in [5.74, 6) is 1.36. The fourth-order valence-electron chi connectivity index (χ4n) is 2.80. The molecule has 0 unspecified atom stereocenters. The van der Waals surface area contributed by atoms with Gasteiger partial charge in [-0.15, -0.1) is 0 Å². The molecule has 2 atom stereocenters. The van der Waals surface area contributed by atoms with Gasteiger partial charge in [0, 0.05) is 39.4 Å². The molecular formula is C15H24N4O. The molecule has 1 fully saturated rings. The van der Waals surface area contributed by atoms with Gasteiger partial charge in [-0.2, -0.15) is 0 Å². The Kier molecular flexibility index (Phi) is 4.60. The summed E-state index contributed by atoms with van der Waals surface area (Å²) in [6.45, 7) is 3.49. The highest BCUT2D eigenvalue weighted by atomic mass is 16.2. The summed E-state index contributed by atoms with van der Waals surface area (Å²) in [6, 6.07) is 3.86. The van der Waals surface area contributed by atoms with E-state index < -0.39 is 0 Å². The zero-order valence-corrected chi connectivity index (χ0v) is 12.5. The minimum absolute atomic E-state index is 0.0461. The predicted octanol–water partition coefficient (Wildman–Crippen LogP) is 1.35. The van der Waals surface area contributed by atoms with Crippen molar-refractivity contribution >= 4 is 11.7 Å². The van der Waals surface area contributed by atoms with Crippen molar-refractivity contribution in [1.29, 1.82) is 0 Å². The van der Waals surface area contributed by atoms with Crippen LogP contribution in [0.15, 0.2) is 18.3 Å². The lowest BCUT2D eigenvalue weighted by Crippen LogP contribution is -2.51. The first-order valence-corrected chi connectivity index (χ1v) is 7.19. The second kappa shape index (κ2) is 6.22. The maximum atomic E-state index is 12.6. The van der Waals surface area contributed by atoms with Gasteiger partial charge in [0.2, 0.25) is 0 Å². The zero-order chi connectivity index (χ0) is 14.7. The van der Waals surface area contributed by atoms with E-state index in [-0.39, 0.29) is 11.9 Å². The van der Waals surface area contributed by atoms with Gasteiger partial charge in [0.15, 0.2) is 0 Å². The average molecular weight is 276 g/mol. The number of aromatic nitrogens is 1. The molecular weight excluding hydrogens is 252 g/mol. The Hall–Kier alpha value is -1.62. The van der Waals surface area contributed by atoms with Gasteiger partial charge in [-0.05, 0) is 30.9 Å². The molecule has 0 aliphatic carbocycles. The summed E-state index contributed by atoms with van der Waals surface area (Å²) in [5.41, 5.74) is 6.49. The van der Waals surface area contributed by atoms with Crippen molar-refractivity contribution in [3.63, 3.8) is 0 Å². The number of nitrogens with zero attached hydrogens (tertiary/aromatic N) is 3. The molecule has 2 rings (SSSR count). The summed E-state index contributed by atoms with van der Waals surface area (Å²) < 4.78 is 0. The monoisotopic (exact) mass is 276 g/mol. The maximum absolute atomic E-state index is 12.6. The number of carbonyl (C=O) groups is 1. The highest BCUT2D eigenvalue weighted by Crippen LogP contribution is 2.24. The Labute approximate surface area is 120 Å². The van der Waals surface area contributed by atoms with Gasteiger partial charge in [0.05, 0.1) is 5.56 Å². The normalized spacial score (nSPS) is 22.7. The third kappa shape index (κ3) is 2.93. The highest BCUT2D eigenvalue weighted by molar-refractivity contribution is 5.94. The van der Waals surface area contributed by atoms with E-state index in [1.54, 1.807) is 6.20 Å². The second-order valence-electron chi connectivity index (χ2n) is 5.72. The molecule has 0 radical (unpaired) electrons. The number of likely N-dealkylation sites (tertiary alicyclic amines) is 1. The van der Waals surface area contributed by atoms with Crippen molar-refractivity contribution in [1.82, 2.24) is 9.88 Å². The average Bonchev–Trinajstić information content (AvgIpc) is 2.46. The van der Waals surface area contributed by atoms with Crippen molar-refractivity contribution in [2.45, 2.75) is 25.8 Å². The van der Waals surface area contributed by atoms with E-state index in [1.807, 2.05) is 36.0 Å². The molecule has 1 aromatic rings. The number of amides is 1. The quantitative estimate of drug-likeness (QED) is 0.905. The first-order valence-electron chi connectivity index (χ1n) is 7.19. The molecule has 1 aliphatic rings. The number of nitrogens with two attached hydrogens (primary N) is 1. The minimum Gasteiger partial charge on any atom is -0.363 e. The van der Waals surface area contributed by atoms with E-state index in [0.717, 1.165) is 25.2 Å². The molecule has 1 saturated heterocycles. The molecule has 2 N–H and O–H groups in total. The van der Waals surface area contributed by atoms with E-state index in [0.29, 0.717) is 18.0 Å². The van der Waals surface area contributed by atoms with Crippen LogP contribution in [-0.4, -0.2) is 49.0 Å². The summed E-state index contributed by atoms with van der Waals surface area (Å²) in [6.07, 6.45) is 3.85. The molecule has 1 aromatic heterocycles. The lowest BCUT2D eigenvalue weighted by Gasteiger charge is -2.39. The van der Waals surface area contributed by atoms with Gasteiger partial charge in [0.25, 0.3) is 5.91 Å². The van der Waals surface area contributed by atoms with Crippen molar-refractivity contribution in [2.24, 2.45) is 11.7 Å². The Morgan fingerprint density at radius 1 is 1.50 bits per heavy atom. The van der Waals surface area contributed by atoms with E-state index >= 15 is 0 Å². The van der Waals surface area contributed by atoms with Gasteiger partial charge in [-0.1, -0.05) is 6.92 Å². The lowest BCUT2D eigenvalue weighted by atomic mass is 9.90. The molecule has 0 bridgehead atoms. The third-order valence-electron chi connectivity index (χ3n) is 4.07. The van der Waals surface area contributed by atoms with Crippen LogP contribution in [0.5, 0.6) is 0 Å². The zero-order valence-electron chi connectivity index (χ0n) is 12.5. The maximum Gasteiger partial charge on any atom is 0.255 e. The van der Waals surface area contributed by atoms with Crippen LogP contribution in [0.3, 0.4) is 0 Å². The summed E-state index contributed by atoms with van der Waals surface area (Å²) in [4.78, 5) is 20.8. The van der Waals surface area contributed by atoms with Crippen molar-refractivity contribution in [3.05, 3.63) is 23.9 Å². The number of carbonyl (C=O) groups excluding carboxylic acids is 1. The molecule has 1 amide bonds. The number of pyridine rings is 1. The minimum atomic E-state index is 0.0461. The standard InChI is InChI=1S/C15H24N4O/c1-11-5-4-8-19(13(11)9-16)15(20)12-6-7-14(17-10-12)18(2)3/h6-7,10-11,13H,4-5,8-9,16H2,1-3H3/t11-,13+/m1/s1. The molecule has 110 valence electrons. The third-order valence-corrected chi connectivity index (χ3v) is 4.07. The van der Waals surface area contributed by atoms with Crippen molar-refractivity contribution in [3.8, 4) is 0 Å². The van der Waals surface area contributed by atoms with Gasteiger partial charge in [-0.25, -0.2) is 4.98 Å². The fourth-order valence-corrected chi connectivity index (χ4v) is 2.80. The largest absolute Gasteiger partial charge is 0.363 e.